The Hall–Kier alpha value is -0.200. The zero-order chi connectivity index (χ0) is 11.4. The molecule has 16 heavy (non-hydrogen) atoms. The van der Waals surface area contributed by atoms with E-state index in [0.717, 1.165) is 10.0 Å². The van der Waals surface area contributed by atoms with E-state index in [1.54, 1.807) is 6.08 Å². The summed E-state index contributed by atoms with van der Waals surface area (Å²) in [6, 6.07) is 0. The summed E-state index contributed by atoms with van der Waals surface area (Å²) < 4.78 is 6.47. The SMILES string of the molecule is C=C[C@H]1CC2C(O)O[C@@H]3C(I)=CC(=O)[C@H]1[C@H]23. The summed E-state index contributed by atoms with van der Waals surface area (Å²) in [4.78, 5) is 12.0. The Kier molecular flexibility index (Phi) is 2.49. The Balaban J connectivity index is 2.05. The second-order valence-corrected chi connectivity index (χ2v) is 6.03. The maximum absolute atomic E-state index is 12.0. The van der Waals surface area contributed by atoms with Crippen LogP contribution in [0.5, 0.6) is 0 Å². The van der Waals surface area contributed by atoms with Gasteiger partial charge in [-0.3, -0.25) is 4.79 Å². The molecule has 3 nitrogen and oxygen atoms in total. The molecule has 6 atom stereocenters. The summed E-state index contributed by atoms with van der Waals surface area (Å²) in [7, 11) is 0. The quantitative estimate of drug-likeness (QED) is 0.587. The molecular formula is C12H13IO3. The van der Waals surface area contributed by atoms with Crippen LogP contribution in [0.1, 0.15) is 6.42 Å². The summed E-state index contributed by atoms with van der Waals surface area (Å²) in [5.41, 5.74) is 0. The van der Waals surface area contributed by atoms with Gasteiger partial charge in [-0.1, -0.05) is 6.08 Å². The van der Waals surface area contributed by atoms with E-state index in [0.29, 0.717) is 0 Å². The van der Waals surface area contributed by atoms with Gasteiger partial charge in [0.1, 0.15) is 0 Å². The molecule has 0 bridgehead atoms. The fourth-order valence-electron chi connectivity index (χ4n) is 3.44. The highest BCUT2D eigenvalue weighted by Crippen LogP contribution is 2.55. The third-order valence-electron chi connectivity index (χ3n) is 4.10. The van der Waals surface area contributed by atoms with Crippen molar-refractivity contribution < 1.29 is 14.6 Å². The number of allylic oxidation sites excluding steroid dienone is 2. The van der Waals surface area contributed by atoms with Crippen LogP contribution in [0.4, 0.5) is 0 Å². The van der Waals surface area contributed by atoms with Gasteiger partial charge < -0.3 is 9.84 Å². The molecule has 0 radical (unpaired) electrons. The number of hydrogen-bond donors (Lipinski definition) is 1. The number of aliphatic hydroxyl groups excluding tert-OH is 1. The van der Waals surface area contributed by atoms with E-state index in [1.807, 2.05) is 6.08 Å². The molecule has 3 rings (SSSR count). The predicted molar refractivity (Wildman–Crippen MR) is 66.8 cm³/mol. The highest BCUT2D eigenvalue weighted by atomic mass is 127. The lowest BCUT2D eigenvalue weighted by molar-refractivity contribution is -0.124. The van der Waals surface area contributed by atoms with Crippen LogP contribution >= 0.6 is 22.6 Å². The van der Waals surface area contributed by atoms with Crippen LogP contribution < -0.4 is 0 Å². The van der Waals surface area contributed by atoms with E-state index in [1.165, 1.54) is 0 Å². The van der Waals surface area contributed by atoms with Gasteiger partial charge in [-0.25, -0.2) is 0 Å². The molecule has 3 aliphatic rings. The molecule has 2 unspecified atom stereocenters. The van der Waals surface area contributed by atoms with Crippen molar-refractivity contribution in [2.75, 3.05) is 0 Å². The third kappa shape index (κ3) is 1.29. The average molecular weight is 332 g/mol. The second-order valence-electron chi connectivity index (χ2n) is 4.78. The summed E-state index contributed by atoms with van der Waals surface area (Å²) in [5, 5.41) is 9.87. The molecule has 0 aromatic heterocycles. The van der Waals surface area contributed by atoms with Crippen molar-refractivity contribution >= 4 is 28.4 Å². The fraction of sp³-hybridized carbons (Fsp3) is 0.583. The molecule has 1 heterocycles. The molecule has 1 aliphatic heterocycles. The molecular weight excluding hydrogens is 319 g/mol. The Morgan fingerprint density at radius 2 is 2.38 bits per heavy atom. The molecule has 1 N–H and O–H groups in total. The van der Waals surface area contributed by atoms with Crippen LogP contribution in [0.3, 0.4) is 0 Å². The van der Waals surface area contributed by atoms with Crippen LogP contribution in [0, 0.1) is 23.7 Å². The van der Waals surface area contributed by atoms with Gasteiger partial charge in [0, 0.05) is 21.3 Å². The van der Waals surface area contributed by atoms with Gasteiger partial charge >= 0.3 is 0 Å². The Labute approximate surface area is 108 Å². The number of ether oxygens (including phenoxy) is 1. The van der Waals surface area contributed by atoms with Crippen LogP contribution in [0.15, 0.2) is 22.3 Å². The van der Waals surface area contributed by atoms with E-state index < -0.39 is 6.29 Å². The molecule has 4 heteroatoms. The molecule has 0 amide bonds. The van der Waals surface area contributed by atoms with Gasteiger partial charge in [-0.15, -0.1) is 6.58 Å². The van der Waals surface area contributed by atoms with E-state index in [-0.39, 0.29) is 35.6 Å². The zero-order valence-corrected chi connectivity index (χ0v) is 10.8. The smallest absolute Gasteiger partial charge is 0.160 e. The van der Waals surface area contributed by atoms with E-state index >= 15 is 0 Å². The largest absolute Gasteiger partial charge is 0.368 e. The lowest BCUT2D eigenvalue weighted by atomic mass is 9.78. The predicted octanol–water partition coefficient (Wildman–Crippen LogP) is 1.66. The Morgan fingerprint density at radius 3 is 3.06 bits per heavy atom. The number of halogens is 1. The molecule has 86 valence electrons. The van der Waals surface area contributed by atoms with Crippen molar-refractivity contribution in [3.63, 3.8) is 0 Å². The summed E-state index contributed by atoms with van der Waals surface area (Å²) in [6.07, 6.45) is 3.56. The van der Waals surface area contributed by atoms with E-state index in [4.69, 9.17) is 4.74 Å². The first-order valence-corrected chi connectivity index (χ1v) is 6.58. The lowest BCUT2D eigenvalue weighted by Crippen LogP contribution is -2.35. The maximum Gasteiger partial charge on any atom is 0.160 e. The van der Waals surface area contributed by atoms with Gasteiger partial charge in [0.05, 0.1) is 6.10 Å². The molecule has 2 aliphatic carbocycles. The standard InChI is InChI=1S/C12H13IO3/c1-2-5-3-6-10-9(5)8(14)4-7(13)11(10)16-12(6)15/h2,4-6,9-12,15H,1,3H2/t5-,6?,9-,10-,11+,12?/m0/s1. The molecule has 0 spiro atoms. The van der Waals surface area contributed by atoms with Crippen molar-refractivity contribution in [2.45, 2.75) is 18.8 Å². The van der Waals surface area contributed by atoms with Gasteiger partial charge in [-0.2, -0.15) is 0 Å². The number of hydrogen-bond acceptors (Lipinski definition) is 3. The summed E-state index contributed by atoms with van der Waals surface area (Å²) >= 11 is 2.14. The molecule has 1 saturated heterocycles. The number of aliphatic hydroxyl groups is 1. The van der Waals surface area contributed by atoms with Gasteiger partial charge in [-0.05, 0) is 41.0 Å². The molecule has 2 fully saturated rings. The van der Waals surface area contributed by atoms with Crippen molar-refractivity contribution in [3.8, 4) is 0 Å². The third-order valence-corrected chi connectivity index (χ3v) is 5.03. The minimum absolute atomic E-state index is 0.0248. The van der Waals surface area contributed by atoms with Crippen LogP contribution in [-0.4, -0.2) is 23.3 Å². The van der Waals surface area contributed by atoms with Gasteiger partial charge in [0.25, 0.3) is 0 Å². The van der Waals surface area contributed by atoms with Crippen molar-refractivity contribution in [1.82, 2.24) is 0 Å². The first-order chi connectivity index (χ1) is 7.63. The number of carbonyl (C=O) groups is 1. The fourth-order valence-corrected chi connectivity index (χ4v) is 4.31. The first kappa shape index (κ1) is 10.9. The van der Waals surface area contributed by atoms with Crippen molar-refractivity contribution in [3.05, 3.63) is 22.3 Å². The lowest BCUT2D eigenvalue weighted by Gasteiger charge is -2.28. The highest BCUT2D eigenvalue weighted by Gasteiger charge is 2.58. The van der Waals surface area contributed by atoms with Gasteiger partial charge in [0.2, 0.25) is 0 Å². The monoisotopic (exact) mass is 332 g/mol. The minimum Gasteiger partial charge on any atom is -0.368 e. The second kappa shape index (κ2) is 3.65. The highest BCUT2D eigenvalue weighted by molar-refractivity contribution is 14.1. The normalized spacial score (nSPS) is 50.1. The Morgan fingerprint density at radius 1 is 1.62 bits per heavy atom. The van der Waals surface area contributed by atoms with Gasteiger partial charge in [0.15, 0.2) is 12.1 Å². The van der Waals surface area contributed by atoms with Crippen LogP contribution in [0.2, 0.25) is 0 Å². The van der Waals surface area contributed by atoms with Crippen molar-refractivity contribution in [1.29, 1.82) is 0 Å². The van der Waals surface area contributed by atoms with Crippen LogP contribution in [0.25, 0.3) is 0 Å². The number of carbonyl (C=O) groups excluding carboxylic acids is 1. The number of rotatable bonds is 1. The van der Waals surface area contributed by atoms with Crippen molar-refractivity contribution in [2.24, 2.45) is 23.7 Å². The average Bonchev–Trinajstić information content (AvgIpc) is 2.75. The molecule has 1 saturated carbocycles. The first-order valence-electron chi connectivity index (χ1n) is 5.50. The molecule has 0 aromatic carbocycles. The van der Waals surface area contributed by atoms with E-state index in [2.05, 4.69) is 29.2 Å². The van der Waals surface area contributed by atoms with E-state index in [9.17, 15) is 9.90 Å². The Bertz CT molecular complexity index is 390. The maximum atomic E-state index is 12.0. The topological polar surface area (TPSA) is 46.5 Å². The minimum atomic E-state index is -0.716. The zero-order valence-electron chi connectivity index (χ0n) is 8.67. The summed E-state index contributed by atoms with van der Waals surface area (Å²) in [5.74, 6) is 0.603. The summed E-state index contributed by atoms with van der Waals surface area (Å²) in [6.45, 7) is 3.80. The molecule has 0 aromatic rings. The van der Waals surface area contributed by atoms with Crippen LogP contribution in [-0.2, 0) is 9.53 Å². The number of ketones is 1.